The van der Waals surface area contributed by atoms with Gasteiger partial charge in [0.2, 0.25) is 6.79 Å². The molecular formula is C23H27NO6. The van der Waals surface area contributed by atoms with Gasteiger partial charge >= 0.3 is 5.97 Å². The Morgan fingerprint density at radius 3 is 2.43 bits per heavy atom. The van der Waals surface area contributed by atoms with Gasteiger partial charge in [-0.15, -0.1) is 0 Å². The van der Waals surface area contributed by atoms with Crippen LogP contribution in [0.15, 0.2) is 42.5 Å². The lowest BCUT2D eigenvalue weighted by molar-refractivity contribution is -0.150. The summed E-state index contributed by atoms with van der Waals surface area (Å²) >= 11 is 0. The molecule has 7 heteroatoms. The number of carbonyl (C=O) groups is 2. The first-order chi connectivity index (χ1) is 14.2. The molecule has 1 heterocycles. The van der Waals surface area contributed by atoms with Crippen molar-refractivity contribution in [2.75, 3.05) is 20.0 Å². The molecular weight excluding hydrogens is 386 g/mol. The molecule has 0 radical (unpaired) electrons. The maximum Gasteiger partial charge on any atom is 0.344 e. The SMILES string of the molecule is C[C@@H](NC(=O)COC(=O)COc1ccc(C(C)(C)C)cc1)c1ccc2c(c1)OCO2. The molecule has 0 bridgehead atoms. The largest absolute Gasteiger partial charge is 0.482 e. The van der Waals surface area contributed by atoms with Gasteiger partial charge < -0.3 is 24.3 Å². The Hall–Kier alpha value is -3.22. The molecule has 0 saturated carbocycles. The smallest absolute Gasteiger partial charge is 0.344 e. The third kappa shape index (κ3) is 5.65. The third-order valence-electron chi connectivity index (χ3n) is 4.72. The monoisotopic (exact) mass is 413 g/mol. The fraction of sp³-hybridized carbons (Fsp3) is 0.391. The Kier molecular flexibility index (Phi) is 6.50. The van der Waals surface area contributed by atoms with Crippen molar-refractivity contribution in [3.05, 3.63) is 53.6 Å². The number of carbonyl (C=O) groups excluding carboxylic acids is 2. The topological polar surface area (TPSA) is 83.1 Å². The second-order valence-corrected chi connectivity index (χ2v) is 8.13. The molecule has 1 N–H and O–H groups in total. The highest BCUT2D eigenvalue weighted by Crippen LogP contribution is 2.34. The lowest BCUT2D eigenvalue weighted by Crippen LogP contribution is -2.31. The van der Waals surface area contributed by atoms with Crippen molar-refractivity contribution in [3.8, 4) is 17.2 Å². The quantitative estimate of drug-likeness (QED) is 0.700. The normalized spacial score (nSPS) is 13.5. The van der Waals surface area contributed by atoms with Crippen molar-refractivity contribution in [2.24, 2.45) is 0 Å². The second kappa shape index (κ2) is 9.07. The molecule has 7 nitrogen and oxygen atoms in total. The van der Waals surface area contributed by atoms with Gasteiger partial charge in [0.15, 0.2) is 24.7 Å². The number of benzene rings is 2. The maximum atomic E-state index is 12.1. The van der Waals surface area contributed by atoms with Crippen molar-refractivity contribution in [2.45, 2.75) is 39.2 Å². The second-order valence-electron chi connectivity index (χ2n) is 8.13. The zero-order valence-corrected chi connectivity index (χ0v) is 17.7. The fourth-order valence-electron chi connectivity index (χ4n) is 2.93. The van der Waals surface area contributed by atoms with Crippen LogP contribution in [0.4, 0.5) is 0 Å². The van der Waals surface area contributed by atoms with Crippen LogP contribution in [0.25, 0.3) is 0 Å². The number of fused-ring (bicyclic) bond motifs is 1. The Morgan fingerprint density at radius 1 is 1.03 bits per heavy atom. The molecule has 3 rings (SSSR count). The molecule has 0 spiro atoms. The zero-order chi connectivity index (χ0) is 21.7. The summed E-state index contributed by atoms with van der Waals surface area (Å²) in [6.45, 7) is 7.76. The van der Waals surface area contributed by atoms with E-state index >= 15 is 0 Å². The number of nitrogens with one attached hydrogen (secondary N) is 1. The standard InChI is InChI=1S/C23H27NO6/c1-15(16-5-10-19-20(11-16)30-14-29-19)24-21(25)12-28-22(26)13-27-18-8-6-17(7-9-18)23(2,3)4/h5-11,15H,12-14H2,1-4H3,(H,24,25)/t15-/m1/s1. The van der Waals surface area contributed by atoms with E-state index < -0.39 is 11.9 Å². The van der Waals surface area contributed by atoms with Crippen LogP contribution < -0.4 is 19.5 Å². The van der Waals surface area contributed by atoms with E-state index in [1.54, 1.807) is 6.07 Å². The molecule has 30 heavy (non-hydrogen) atoms. The molecule has 2 aromatic rings. The van der Waals surface area contributed by atoms with Gasteiger partial charge in [-0.2, -0.15) is 0 Å². The van der Waals surface area contributed by atoms with E-state index in [1.165, 1.54) is 5.56 Å². The maximum absolute atomic E-state index is 12.1. The first-order valence-electron chi connectivity index (χ1n) is 9.80. The number of rotatable bonds is 7. The van der Waals surface area contributed by atoms with Gasteiger partial charge in [0.05, 0.1) is 6.04 Å². The van der Waals surface area contributed by atoms with Gasteiger partial charge in [-0.05, 0) is 47.7 Å². The van der Waals surface area contributed by atoms with E-state index in [9.17, 15) is 9.59 Å². The Balaban J connectivity index is 1.40. The number of hydrogen-bond donors (Lipinski definition) is 1. The molecule has 1 amide bonds. The van der Waals surface area contributed by atoms with E-state index in [1.807, 2.05) is 43.3 Å². The summed E-state index contributed by atoms with van der Waals surface area (Å²) in [6.07, 6.45) is 0. The molecule has 1 aliphatic rings. The summed E-state index contributed by atoms with van der Waals surface area (Å²) in [5.74, 6) is 0.886. The Morgan fingerprint density at radius 2 is 1.73 bits per heavy atom. The van der Waals surface area contributed by atoms with Gasteiger partial charge in [-0.1, -0.05) is 39.0 Å². The fourth-order valence-corrected chi connectivity index (χ4v) is 2.93. The molecule has 1 atom stereocenters. The van der Waals surface area contributed by atoms with Crippen LogP contribution in [0.1, 0.15) is 44.9 Å². The zero-order valence-electron chi connectivity index (χ0n) is 17.7. The van der Waals surface area contributed by atoms with E-state index in [4.69, 9.17) is 18.9 Å². The molecule has 0 aliphatic carbocycles. The van der Waals surface area contributed by atoms with Crippen LogP contribution in [0, 0.1) is 0 Å². The molecule has 0 saturated heterocycles. The summed E-state index contributed by atoms with van der Waals surface area (Å²) < 4.78 is 21.0. The van der Waals surface area contributed by atoms with Crippen molar-refractivity contribution in [1.29, 1.82) is 0 Å². The van der Waals surface area contributed by atoms with Crippen molar-refractivity contribution in [3.63, 3.8) is 0 Å². The van der Waals surface area contributed by atoms with Crippen LogP contribution in [0.2, 0.25) is 0 Å². The van der Waals surface area contributed by atoms with Gasteiger partial charge in [-0.25, -0.2) is 4.79 Å². The minimum Gasteiger partial charge on any atom is -0.482 e. The summed E-state index contributed by atoms with van der Waals surface area (Å²) in [6, 6.07) is 12.7. The lowest BCUT2D eigenvalue weighted by Gasteiger charge is -2.19. The van der Waals surface area contributed by atoms with Gasteiger partial charge in [0.1, 0.15) is 5.75 Å². The average molecular weight is 413 g/mol. The minimum atomic E-state index is -0.610. The summed E-state index contributed by atoms with van der Waals surface area (Å²) in [4.78, 5) is 24.0. The van der Waals surface area contributed by atoms with Crippen molar-refractivity contribution >= 4 is 11.9 Å². The third-order valence-corrected chi connectivity index (χ3v) is 4.72. The molecule has 160 valence electrons. The van der Waals surface area contributed by atoms with Crippen molar-refractivity contribution in [1.82, 2.24) is 5.32 Å². The van der Waals surface area contributed by atoms with Crippen LogP contribution in [0.3, 0.4) is 0 Å². The highest BCUT2D eigenvalue weighted by molar-refractivity contribution is 5.81. The summed E-state index contributed by atoms with van der Waals surface area (Å²) in [5, 5.41) is 2.78. The predicted molar refractivity (Wildman–Crippen MR) is 111 cm³/mol. The van der Waals surface area contributed by atoms with Gasteiger partial charge in [0, 0.05) is 0 Å². The first-order valence-corrected chi connectivity index (χ1v) is 9.80. The highest BCUT2D eigenvalue weighted by Gasteiger charge is 2.18. The van der Waals surface area contributed by atoms with E-state index in [-0.39, 0.29) is 31.5 Å². The molecule has 1 aliphatic heterocycles. The average Bonchev–Trinajstić information content (AvgIpc) is 3.18. The minimum absolute atomic E-state index is 0.0442. The first kappa shape index (κ1) is 21.5. The summed E-state index contributed by atoms with van der Waals surface area (Å²) in [5.41, 5.74) is 2.08. The number of esters is 1. The number of amides is 1. The Labute approximate surface area is 176 Å². The van der Waals surface area contributed by atoms with Gasteiger partial charge in [0.25, 0.3) is 5.91 Å². The molecule has 2 aromatic carbocycles. The van der Waals surface area contributed by atoms with Crippen LogP contribution in [-0.2, 0) is 19.7 Å². The van der Waals surface area contributed by atoms with E-state index in [0.29, 0.717) is 17.2 Å². The van der Waals surface area contributed by atoms with Crippen molar-refractivity contribution < 1.29 is 28.5 Å². The van der Waals surface area contributed by atoms with Crippen LogP contribution in [-0.4, -0.2) is 31.9 Å². The number of hydrogen-bond acceptors (Lipinski definition) is 6. The lowest BCUT2D eigenvalue weighted by atomic mass is 9.87. The molecule has 0 fully saturated rings. The van der Waals surface area contributed by atoms with E-state index in [0.717, 1.165) is 5.56 Å². The number of ether oxygens (including phenoxy) is 4. The highest BCUT2D eigenvalue weighted by atomic mass is 16.7. The van der Waals surface area contributed by atoms with Crippen LogP contribution in [0.5, 0.6) is 17.2 Å². The van der Waals surface area contributed by atoms with Gasteiger partial charge in [-0.3, -0.25) is 4.79 Å². The molecule has 0 aromatic heterocycles. The summed E-state index contributed by atoms with van der Waals surface area (Å²) in [7, 11) is 0. The molecule has 0 unspecified atom stereocenters. The predicted octanol–water partition coefficient (Wildman–Crippen LogP) is 3.51. The van der Waals surface area contributed by atoms with Crippen LogP contribution >= 0.6 is 0 Å². The Bertz CT molecular complexity index is 901. The van der Waals surface area contributed by atoms with E-state index in [2.05, 4.69) is 26.1 Å².